The fourth-order valence-electron chi connectivity index (χ4n) is 6.07. The zero-order chi connectivity index (χ0) is 27.5. The fourth-order valence-corrected chi connectivity index (χ4v) is 7.88. The molecule has 2 saturated heterocycles. The number of hydrogen-bond acceptors (Lipinski definition) is 8. The molecule has 7 rings (SSSR count). The number of benzene rings is 2. The Morgan fingerprint density at radius 2 is 1.85 bits per heavy atom. The maximum absolute atomic E-state index is 14.0. The predicted octanol–water partition coefficient (Wildman–Crippen LogP) is 4.01. The van der Waals surface area contributed by atoms with E-state index in [4.69, 9.17) is 19.3 Å². The van der Waals surface area contributed by atoms with Crippen molar-refractivity contribution in [3.8, 4) is 22.7 Å². The number of fused-ring (bicyclic) bond motifs is 3. The molecule has 3 aliphatic heterocycles. The Morgan fingerprint density at radius 1 is 1.07 bits per heavy atom. The van der Waals surface area contributed by atoms with Crippen molar-refractivity contribution in [1.29, 1.82) is 0 Å². The van der Waals surface area contributed by atoms with Crippen LogP contribution in [0, 0.1) is 0 Å². The van der Waals surface area contributed by atoms with Gasteiger partial charge in [0.1, 0.15) is 10.6 Å². The van der Waals surface area contributed by atoms with Gasteiger partial charge in [-0.2, -0.15) is 15.7 Å². The van der Waals surface area contributed by atoms with E-state index in [0.29, 0.717) is 47.2 Å². The summed E-state index contributed by atoms with van der Waals surface area (Å²) in [5.74, 6) is 0.116. The van der Waals surface area contributed by atoms with Gasteiger partial charge in [0.2, 0.25) is 0 Å². The predicted molar refractivity (Wildman–Crippen MR) is 150 cm³/mol. The molecule has 1 aromatic heterocycles. The highest BCUT2D eigenvalue weighted by atomic mass is 32.3. The highest BCUT2D eigenvalue weighted by Gasteiger charge is 2.49. The van der Waals surface area contributed by atoms with Crippen molar-refractivity contribution in [2.75, 3.05) is 53.1 Å². The SMILES string of the molecule is COc1cccc2c1S(O)(O)Cc1c(C(=O)N3CCOC4(CC4)C3)nn(-c3ccc(CN4CCOCC4)cc3)c1-2. The Morgan fingerprint density at radius 3 is 2.58 bits per heavy atom. The minimum Gasteiger partial charge on any atom is -0.495 e. The Kier molecular flexibility index (Phi) is 6.41. The van der Waals surface area contributed by atoms with Crippen molar-refractivity contribution >= 4 is 16.5 Å². The lowest BCUT2D eigenvalue weighted by atomic mass is 10.0. The second-order valence-electron chi connectivity index (χ2n) is 11.0. The number of ether oxygens (including phenoxy) is 3. The van der Waals surface area contributed by atoms with Crippen molar-refractivity contribution in [3.63, 3.8) is 0 Å². The summed E-state index contributed by atoms with van der Waals surface area (Å²) in [6.45, 7) is 5.67. The van der Waals surface area contributed by atoms with Gasteiger partial charge < -0.3 is 19.1 Å². The van der Waals surface area contributed by atoms with Gasteiger partial charge in [0, 0.05) is 37.3 Å². The summed E-state index contributed by atoms with van der Waals surface area (Å²) in [6, 6.07) is 13.6. The molecule has 3 aromatic rings. The van der Waals surface area contributed by atoms with Gasteiger partial charge in [-0.3, -0.25) is 18.8 Å². The number of amides is 1. The molecule has 3 fully saturated rings. The number of morpholine rings is 2. The van der Waals surface area contributed by atoms with Crippen LogP contribution in [0.25, 0.3) is 16.9 Å². The van der Waals surface area contributed by atoms with Gasteiger partial charge in [0.15, 0.2) is 5.69 Å². The molecule has 10 nitrogen and oxygen atoms in total. The summed E-state index contributed by atoms with van der Waals surface area (Å²) in [6.07, 6.45) is 1.90. The molecule has 40 heavy (non-hydrogen) atoms. The lowest BCUT2D eigenvalue weighted by molar-refractivity contribution is -0.0378. The highest BCUT2D eigenvalue weighted by Crippen LogP contribution is 2.63. The van der Waals surface area contributed by atoms with E-state index in [1.807, 2.05) is 29.2 Å². The summed E-state index contributed by atoms with van der Waals surface area (Å²) < 4.78 is 41.4. The molecule has 1 spiro atoms. The summed E-state index contributed by atoms with van der Waals surface area (Å²) in [4.78, 5) is 18.5. The van der Waals surface area contributed by atoms with E-state index < -0.39 is 10.6 Å². The van der Waals surface area contributed by atoms with Crippen LogP contribution in [0.4, 0.5) is 0 Å². The van der Waals surface area contributed by atoms with Gasteiger partial charge in [0.05, 0.1) is 56.2 Å². The normalized spacial score (nSPS) is 21.9. The molecule has 2 N–H and O–H groups in total. The van der Waals surface area contributed by atoms with Crippen LogP contribution >= 0.6 is 10.6 Å². The second kappa shape index (κ2) is 9.86. The van der Waals surface area contributed by atoms with Gasteiger partial charge in [-0.05, 0) is 36.6 Å². The highest BCUT2D eigenvalue weighted by molar-refractivity contribution is 8.23. The van der Waals surface area contributed by atoms with E-state index in [1.54, 1.807) is 10.7 Å². The summed E-state index contributed by atoms with van der Waals surface area (Å²) in [5, 5.41) is 4.88. The van der Waals surface area contributed by atoms with Crippen molar-refractivity contribution in [2.45, 2.75) is 35.6 Å². The van der Waals surface area contributed by atoms with Crippen LogP contribution in [0.15, 0.2) is 47.4 Å². The third-order valence-electron chi connectivity index (χ3n) is 8.35. The molecule has 1 amide bonds. The lowest BCUT2D eigenvalue weighted by Crippen LogP contribution is -2.47. The molecular weight excluding hydrogens is 532 g/mol. The molecule has 0 bridgehead atoms. The van der Waals surface area contributed by atoms with Crippen molar-refractivity contribution in [1.82, 2.24) is 19.6 Å². The Hall–Kier alpha value is -2.93. The van der Waals surface area contributed by atoms with Gasteiger partial charge in [-0.25, -0.2) is 4.68 Å². The number of carbonyl (C=O) groups is 1. The standard InChI is InChI=1S/C29H34N4O6S/c1-37-24-4-2-3-22-26-23(18-40(35,36)27(22)24)25(28(34)32-13-16-39-29(19-32)9-10-29)30-33(26)21-7-5-20(6-8-21)17-31-11-14-38-15-12-31/h2-8,35-36H,9-19H2,1H3. The minimum atomic E-state index is -3.28. The summed E-state index contributed by atoms with van der Waals surface area (Å²) >= 11 is 0. The fraction of sp³-hybridized carbons (Fsp3) is 0.448. The van der Waals surface area contributed by atoms with Crippen LogP contribution in [0.5, 0.6) is 5.75 Å². The van der Waals surface area contributed by atoms with Gasteiger partial charge in [0.25, 0.3) is 5.91 Å². The van der Waals surface area contributed by atoms with Gasteiger partial charge >= 0.3 is 0 Å². The molecule has 2 aromatic carbocycles. The average Bonchev–Trinajstić information content (AvgIpc) is 3.60. The second-order valence-corrected chi connectivity index (χ2v) is 13.1. The monoisotopic (exact) mass is 566 g/mol. The van der Waals surface area contributed by atoms with Crippen LogP contribution in [0.1, 0.15) is 34.5 Å². The first-order valence-electron chi connectivity index (χ1n) is 13.8. The van der Waals surface area contributed by atoms with Crippen LogP contribution in [0.3, 0.4) is 0 Å². The minimum absolute atomic E-state index is 0.0959. The Balaban J connectivity index is 1.31. The maximum Gasteiger partial charge on any atom is 0.274 e. The van der Waals surface area contributed by atoms with Crippen molar-refractivity contribution < 1.29 is 28.1 Å². The van der Waals surface area contributed by atoms with E-state index in [1.165, 1.54) is 12.7 Å². The number of aromatic nitrogens is 2. The molecule has 1 saturated carbocycles. The summed E-state index contributed by atoms with van der Waals surface area (Å²) in [7, 11) is -1.76. The van der Waals surface area contributed by atoms with Gasteiger partial charge in [-0.1, -0.05) is 24.3 Å². The van der Waals surface area contributed by atoms with Crippen LogP contribution in [-0.4, -0.2) is 93.3 Å². The summed E-state index contributed by atoms with van der Waals surface area (Å²) in [5.41, 5.74) is 3.88. The van der Waals surface area contributed by atoms with Gasteiger partial charge in [-0.15, -0.1) is 0 Å². The zero-order valence-electron chi connectivity index (χ0n) is 22.5. The third kappa shape index (κ3) is 4.50. The molecule has 0 radical (unpaired) electrons. The van der Waals surface area contributed by atoms with E-state index in [-0.39, 0.29) is 23.0 Å². The zero-order valence-corrected chi connectivity index (χ0v) is 23.4. The number of carbonyl (C=O) groups excluding carboxylic acids is 1. The van der Waals surface area contributed by atoms with E-state index in [9.17, 15) is 13.9 Å². The molecule has 212 valence electrons. The molecule has 0 unspecified atom stereocenters. The number of hydrogen-bond donors (Lipinski definition) is 2. The Labute approximate surface area is 234 Å². The molecule has 0 atom stereocenters. The largest absolute Gasteiger partial charge is 0.495 e. The van der Waals surface area contributed by atoms with Crippen LogP contribution in [-0.2, 0) is 21.8 Å². The van der Waals surface area contributed by atoms with Crippen LogP contribution < -0.4 is 4.74 Å². The first-order chi connectivity index (χ1) is 19.4. The molecule has 4 heterocycles. The van der Waals surface area contributed by atoms with E-state index in [2.05, 4.69) is 17.0 Å². The maximum atomic E-state index is 14.0. The quantitative estimate of drug-likeness (QED) is 0.477. The van der Waals surface area contributed by atoms with Crippen molar-refractivity contribution in [3.05, 3.63) is 59.3 Å². The first-order valence-corrected chi connectivity index (χ1v) is 15.5. The lowest BCUT2D eigenvalue weighted by Gasteiger charge is -2.39. The van der Waals surface area contributed by atoms with Crippen molar-refractivity contribution in [2.24, 2.45) is 0 Å². The first kappa shape index (κ1) is 26.0. The number of rotatable bonds is 5. The Bertz CT molecular complexity index is 1450. The molecule has 4 aliphatic rings. The molecular formula is C29H34N4O6S. The van der Waals surface area contributed by atoms with Crippen LogP contribution in [0.2, 0.25) is 0 Å². The number of methoxy groups -OCH3 is 1. The van der Waals surface area contributed by atoms with E-state index in [0.717, 1.165) is 51.4 Å². The number of nitrogens with zero attached hydrogens (tertiary/aromatic N) is 4. The molecule has 1 aliphatic carbocycles. The smallest absolute Gasteiger partial charge is 0.274 e. The molecule has 11 heteroatoms. The van der Waals surface area contributed by atoms with E-state index >= 15 is 0 Å². The topological polar surface area (TPSA) is 110 Å². The average molecular weight is 567 g/mol. The third-order valence-corrected chi connectivity index (χ3v) is 10.1.